The normalized spacial score (nSPS) is 18.4. The zero-order chi connectivity index (χ0) is 14.9. The van der Waals surface area contributed by atoms with E-state index >= 15 is 0 Å². The fourth-order valence-electron chi connectivity index (χ4n) is 2.28. The topological polar surface area (TPSA) is 75.4 Å². The molecule has 2 rings (SSSR count). The van der Waals surface area contributed by atoms with Crippen LogP contribution in [0.15, 0.2) is 17.0 Å². The van der Waals surface area contributed by atoms with Crippen LogP contribution in [0.25, 0.3) is 0 Å². The maximum absolute atomic E-state index is 12.4. The van der Waals surface area contributed by atoms with E-state index in [4.69, 9.17) is 17.3 Å². The number of anilines is 1. The summed E-state index contributed by atoms with van der Waals surface area (Å²) in [6.45, 7) is 3.57. The van der Waals surface area contributed by atoms with Gasteiger partial charge in [0.25, 0.3) is 0 Å². The van der Waals surface area contributed by atoms with E-state index in [2.05, 4.69) is 9.62 Å². The number of aryl methyl sites for hydroxylation is 1. The zero-order valence-corrected chi connectivity index (χ0v) is 13.3. The van der Waals surface area contributed by atoms with Crippen molar-refractivity contribution in [3.63, 3.8) is 0 Å². The fraction of sp³-hybridized carbons (Fsp3) is 0.538. The first kappa shape index (κ1) is 15.6. The molecule has 0 bridgehead atoms. The molecule has 1 aromatic rings. The number of sulfonamides is 1. The van der Waals surface area contributed by atoms with Crippen LogP contribution in [0.5, 0.6) is 0 Å². The third-order valence-electron chi connectivity index (χ3n) is 3.65. The minimum absolute atomic E-state index is 0.0465. The van der Waals surface area contributed by atoms with E-state index in [1.807, 2.05) is 7.05 Å². The molecule has 20 heavy (non-hydrogen) atoms. The average molecular weight is 318 g/mol. The number of hydrogen-bond donors (Lipinski definition) is 2. The molecule has 0 aromatic heterocycles. The number of benzene rings is 1. The summed E-state index contributed by atoms with van der Waals surface area (Å²) in [5.74, 6) is 0. The molecule has 1 fully saturated rings. The van der Waals surface area contributed by atoms with Gasteiger partial charge in [-0.1, -0.05) is 11.6 Å². The second kappa shape index (κ2) is 5.89. The maximum Gasteiger partial charge on any atom is 0.242 e. The molecule has 3 N–H and O–H groups in total. The van der Waals surface area contributed by atoms with Crippen molar-refractivity contribution in [1.29, 1.82) is 0 Å². The molecule has 0 aliphatic carbocycles. The van der Waals surface area contributed by atoms with E-state index in [0.29, 0.717) is 5.69 Å². The summed E-state index contributed by atoms with van der Waals surface area (Å²) in [5, 5.41) is 0.206. The van der Waals surface area contributed by atoms with Crippen molar-refractivity contribution in [2.75, 3.05) is 25.9 Å². The Morgan fingerprint density at radius 1 is 1.35 bits per heavy atom. The highest BCUT2D eigenvalue weighted by atomic mass is 35.5. The summed E-state index contributed by atoms with van der Waals surface area (Å²) in [7, 11) is -1.60. The highest BCUT2D eigenvalue weighted by Gasteiger charge is 2.25. The number of nitrogen functional groups attached to an aromatic ring is 1. The highest BCUT2D eigenvalue weighted by molar-refractivity contribution is 7.89. The van der Waals surface area contributed by atoms with Crippen molar-refractivity contribution in [3.8, 4) is 0 Å². The van der Waals surface area contributed by atoms with E-state index in [9.17, 15) is 8.42 Å². The Bertz CT molecular complexity index is 596. The number of piperidine rings is 1. The van der Waals surface area contributed by atoms with Crippen molar-refractivity contribution in [2.24, 2.45) is 0 Å². The lowest BCUT2D eigenvalue weighted by molar-refractivity contribution is 0.248. The van der Waals surface area contributed by atoms with Crippen molar-refractivity contribution in [2.45, 2.75) is 30.7 Å². The molecule has 1 aromatic carbocycles. The second-order valence-corrected chi connectivity index (χ2v) is 7.43. The van der Waals surface area contributed by atoms with Crippen LogP contribution in [0, 0.1) is 6.92 Å². The summed E-state index contributed by atoms with van der Waals surface area (Å²) in [6.07, 6.45) is 1.60. The average Bonchev–Trinajstić information content (AvgIpc) is 2.36. The first-order valence-electron chi connectivity index (χ1n) is 6.56. The number of nitrogens with zero attached hydrogens (tertiary/aromatic N) is 1. The molecule has 7 heteroatoms. The Kier molecular flexibility index (Phi) is 4.59. The minimum Gasteiger partial charge on any atom is -0.398 e. The Hall–Kier alpha value is -0.820. The Morgan fingerprint density at radius 2 is 1.95 bits per heavy atom. The standard InChI is InChI=1S/C13H20ClN3O2S/c1-9-7-11(14)13(8-12(9)15)20(18,19)16-10-3-5-17(2)6-4-10/h7-8,10,16H,3-6,15H2,1-2H3. The monoisotopic (exact) mass is 317 g/mol. The molecule has 0 spiro atoms. The lowest BCUT2D eigenvalue weighted by Crippen LogP contribution is -2.43. The van der Waals surface area contributed by atoms with E-state index in [-0.39, 0.29) is 16.0 Å². The smallest absolute Gasteiger partial charge is 0.242 e. The van der Waals surface area contributed by atoms with Crippen LogP contribution < -0.4 is 10.5 Å². The molecule has 0 saturated carbocycles. The Morgan fingerprint density at radius 3 is 2.55 bits per heavy atom. The fourth-order valence-corrected chi connectivity index (χ4v) is 4.21. The van der Waals surface area contributed by atoms with E-state index in [0.717, 1.165) is 31.5 Å². The molecule has 1 aliphatic rings. The van der Waals surface area contributed by atoms with Crippen LogP contribution >= 0.6 is 11.6 Å². The van der Waals surface area contributed by atoms with Crippen molar-refractivity contribution in [3.05, 3.63) is 22.7 Å². The number of hydrogen-bond acceptors (Lipinski definition) is 4. The van der Waals surface area contributed by atoms with E-state index in [1.54, 1.807) is 13.0 Å². The predicted molar refractivity (Wildman–Crippen MR) is 81.4 cm³/mol. The molecule has 1 heterocycles. The van der Waals surface area contributed by atoms with Gasteiger partial charge in [0.1, 0.15) is 4.90 Å². The zero-order valence-electron chi connectivity index (χ0n) is 11.7. The van der Waals surface area contributed by atoms with Crippen LogP contribution in [0.1, 0.15) is 18.4 Å². The van der Waals surface area contributed by atoms with Gasteiger partial charge in [0.2, 0.25) is 10.0 Å². The number of halogens is 1. The van der Waals surface area contributed by atoms with Crippen LogP contribution in [-0.2, 0) is 10.0 Å². The third kappa shape index (κ3) is 3.44. The quantitative estimate of drug-likeness (QED) is 0.830. The summed E-state index contributed by atoms with van der Waals surface area (Å²) in [4.78, 5) is 2.24. The first-order valence-corrected chi connectivity index (χ1v) is 8.42. The van der Waals surface area contributed by atoms with Gasteiger partial charge in [-0.15, -0.1) is 0 Å². The van der Waals surface area contributed by atoms with Gasteiger partial charge in [0, 0.05) is 11.7 Å². The van der Waals surface area contributed by atoms with Crippen molar-refractivity contribution in [1.82, 2.24) is 9.62 Å². The molecule has 0 amide bonds. The molecule has 112 valence electrons. The lowest BCUT2D eigenvalue weighted by Gasteiger charge is -2.29. The SMILES string of the molecule is Cc1cc(Cl)c(S(=O)(=O)NC2CCN(C)CC2)cc1N. The predicted octanol–water partition coefficient (Wildman–Crippen LogP) is 1.60. The van der Waals surface area contributed by atoms with Gasteiger partial charge in [-0.2, -0.15) is 0 Å². The van der Waals surface area contributed by atoms with Gasteiger partial charge in [-0.05, 0) is 57.6 Å². The first-order chi connectivity index (χ1) is 9.29. The largest absolute Gasteiger partial charge is 0.398 e. The summed E-state index contributed by atoms with van der Waals surface area (Å²) in [5.41, 5.74) is 6.98. The molecular weight excluding hydrogens is 298 g/mol. The van der Waals surface area contributed by atoms with Crippen LogP contribution in [0.2, 0.25) is 5.02 Å². The van der Waals surface area contributed by atoms with Gasteiger partial charge in [-0.25, -0.2) is 13.1 Å². The van der Waals surface area contributed by atoms with Crippen LogP contribution in [-0.4, -0.2) is 39.5 Å². The lowest BCUT2D eigenvalue weighted by atomic mass is 10.1. The number of nitrogens with one attached hydrogen (secondary N) is 1. The molecular formula is C13H20ClN3O2S. The molecule has 1 aliphatic heterocycles. The van der Waals surface area contributed by atoms with E-state index < -0.39 is 10.0 Å². The van der Waals surface area contributed by atoms with E-state index in [1.165, 1.54) is 6.07 Å². The molecule has 0 unspecified atom stereocenters. The molecule has 0 atom stereocenters. The number of rotatable bonds is 3. The molecule has 1 saturated heterocycles. The van der Waals surface area contributed by atoms with Gasteiger partial charge in [0.05, 0.1) is 5.02 Å². The minimum atomic E-state index is -3.63. The summed E-state index contributed by atoms with van der Waals surface area (Å²) in [6, 6.07) is 2.96. The number of likely N-dealkylation sites (tertiary alicyclic amines) is 1. The van der Waals surface area contributed by atoms with Gasteiger partial charge in [-0.3, -0.25) is 0 Å². The third-order valence-corrected chi connectivity index (χ3v) is 5.64. The summed E-state index contributed by atoms with van der Waals surface area (Å²) >= 11 is 6.04. The maximum atomic E-state index is 12.4. The van der Waals surface area contributed by atoms with Crippen molar-refractivity contribution >= 4 is 27.3 Å². The molecule has 0 radical (unpaired) electrons. The van der Waals surface area contributed by atoms with Gasteiger partial charge >= 0.3 is 0 Å². The number of nitrogens with two attached hydrogens (primary N) is 1. The van der Waals surface area contributed by atoms with Crippen LogP contribution in [0.3, 0.4) is 0 Å². The van der Waals surface area contributed by atoms with Gasteiger partial charge < -0.3 is 10.6 Å². The highest BCUT2D eigenvalue weighted by Crippen LogP contribution is 2.27. The Labute approximate surface area is 125 Å². The second-order valence-electron chi connectivity index (χ2n) is 5.34. The van der Waals surface area contributed by atoms with Crippen LogP contribution in [0.4, 0.5) is 5.69 Å². The van der Waals surface area contributed by atoms with Gasteiger partial charge in [0.15, 0.2) is 0 Å². The van der Waals surface area contributed by atoms with Crippen molar-refractivity contribution < 1.29 is 8.42 Å². The summed E-state index contributed by atoms with van der Waals surface area (Å²) < 4.78 is 27.5. The Balaban J connectivity index is 2.20. The molecule has 5 nitrogen and oxygen atoms in total.